The second-order valence-corrected chi connectivity index (χ2v) is 10.9. The second-order valence-electron chi connectivity index (χ2n) is 8.41. The molecule has 14 heteroatoms. The van der Waals surface area contributed by atoms with Crippen LogP contribution in [0.5, 0.6) is 0 Å². The molecule has 0 unspecified atom stereocenters. The van der Waals surface area contributed by atoms with Crippen LogP contribution in [-0.4, -0.2) is 35.2 Å². The molecule has 0 fully saturated rings. The summed E-state index contributed by atoms with van der Waals surface area (Å²) < 4.78 is 24.1. The Kier molecular flexibility index (Phi) is 7.07. The monoisotopic (exact) mass is 593 g/mol. The van der Waals surface area contributed by atoms with Gasteiger partial charge in [0.15, 0.2) is 18.0 Å². The van der Waals surface area contributed by atoms with Crippen LogP contribution in [0.15, 0.2) is 81.4 Å². The Labute approximate surface area is 238 Å². The van der Waals surface area contributed by atoms with Crippen LogP contribution in [0.1, 0.15) is 21.1 Å². The first-order valence-corrected chi connectivity index (χ1v) is 13.8. The number of aromatic nitrogens is 6. The van der Waals surface area contributed by atoms with Gasteiger partial charge >= 0.3 is 0 Å². The van der Waals surface area contributed by atoms with Gasteiger partial charge in [0, 0.05) is 28.1 Å². The van der Waals surface area contributed by atoms with Crippen LogP contribution >= 0.6 is 34.3 Å². The number of hydrogen-bond donors (Lipinski definition) is 1. The van der Waals surface area contributed by atoms with Gasteiger partial charge in [0.2, 0.25) is 0 Å². The molecular weight excluding hydrogens is 577 g/mol. The molecule has 6 aromatic rings. The number of thiophene rings is 1. The van der Waals surface area contributed by atoms with Crippen molar-refractivity contribution in [2.75, 3.05) is 5.32 Å². The van der Waals surface area contributed by atoms with Crippen LogP contribution in [0.2, 0.25) is 4.34 Å². The SMILES string of the molecule is O=C(c1cscn1)n1nc(-c2cc(-c3ccccn3)n(Cc3cocn3)c(=O)c2)c(F)c1NCc1ccc(Cl)s1. The molecule has 0 bridgehead atoms. The second kappa shape index (κ2) is 11.0. The number of halogens is 2. The summed E-state index contributed by atoms with van der Waals surface area (Å²) in [6.45, 7) is 0.305. The van der Waals surface area contributed by atoms with Crippen LogP contribution in [0.25, 0.3) is 22.6 Å². The minimum Gasteiger partial charge on any atom is -0.451 e. The van der Waals surface area contributed by atoms with E-state index in [2.05, 4.69) is 25.4 Å². The zero-order valence-electron chi connectivity index (χ0n) is 20.3. The molecule has 0 aliphatic carbocycles. The Morgan fingerprint density at radius 2 is 2.05 bits per heavy atom. The highest BCUT2D eigenvalue weighted by atomic mass is 35.5. The van der Waals surface area contributed by atoms with Crippen LogP contribution in [0, 0.1) is 5.82 Å². The summed E-state index contributed by atoms with van der Waals surface area (Å²) in [5.41, 5.74) is 2.58. The van der Waals surface area contributed by atoms with Crippen molar-refractivity contribution in [3.05, 3.63) is 109 Å². The van der Waals surface area contributed by atoms with Crippen molar-refractivity contribution in [1.82, 2.24) is 29.3 Å². The van der Waals surface area contributed by atoms with Crippen molar-refractivity contribution >= 4 is 46.0 Å². The highest BCUT2D eigenvalue weighted by molar-refractivity contribution is 7.16. The number of rotatable bonds is 8. The fraction of sp³-hybridized carbons (Fsp3) is 0.0769. The number of carbonyl (C=O) groups excluding carboxylic acids is 1. The summed E-state index contributed by atoms with van der Waals surface area (Å²) in [5.74, 6) is -1.59. The normalized spacial score (nSPS) is 11.2. The van der Waals surface area contributed by atoms with E-state index in [0.717, 1.165) is 9.56 Å². The summed E-state index contributed by atoms with van der Waals surface area (Å²) in [6.07, 6.45) is 4.30. The molecule has 40 heavy (non-hydrogen) atoms. The van der Waals surface area contributed by atoms with Crippen molar-refractivity contribution in [2.45, 2.75) is 13.1 Å². The molecular formula is C26H17ClFN7O3S2. The summed E-state index contributed by atoms with van der Waals surface area (Å²) in [7, 11) is 0. The maximum atomic E-state index is 16.1. The molecule has 6 aromatic heterocycles. The number of hydrogen-bond acceptors (Lipinski definition) is 10. The number of thiazole rings is 1. The highest BCUT2D eigenvalue weighted by Crippen LogP contribution is 2.31. The molecule has 0 saturated heterocycles. The average molecular weight is 594 g/mol. The third kappa shape index (κ3) is 5.09. The molecule has 0 spiro atoms. The number of carbonyl (C=O) groups is 1. The molecule has 200 valence electrons. The molecule has 0 atom stereocenters. The highest BCUT2D eigenvalue weighted by Gasteiger charge is 2.26. The van der Waals surface area contributed by atoms with E-state index in [9.17, 15) is 9.59 Å². The lowest BCUT2D eigenvalue weighted by atomic mass is 10.1. The van der Waals surface area contributed by atoms with E-state index in [4.69, 9.17) is 16.0 Å². The zero-order chi connectivity index (χ0) is 27.6. The van der Waals surface area contributed by atoms with E-state index < -0.39 is 17.3 Å². The minimum atomic E-state index is -0.799. The predicted octanol–water partition coefficient (Wildman–Crippen LogP) is 5.42. The van der Waals surface area contributed by atoms with Gasteiger partial charge in [-0.15, -0.1) is 22.7 Å². The van der Waals surface area contributed by atoms with Gasteiger partial charge in [-0.05, 0) is 30.3 Å². The molecule has 10 nitrogen and oxygen atoms in total. The smallest absolute Gasteiger partial charge is 0.299 e. The molecule has 0 radical (unpaired) electrons. The minimum absolute atomic E-state index is 0.108. The van der Waals surface area contributed by atoms with E-state index >= 15 is 4.39 Å². The van der Waals surface area contributed by atoms with E-state index in [1.54, 1.807) is 48.0 Å². The average Bonchev–Trinajstić information content (AvgIpc) is 3.78. The van der Waals surface area contributed by atoms with Crippen LogP contribution in [0.4, 0.5) is 10.2 Å². The van der Waals surface area contributed by atoms with Gasteiger partial charge in [-0.25, -0.2) is 14.4 Å². The Hall–Kier alpha value is -4.46. The molecule has 0 amide bonds. The Balaban J connectivity index is 1.47. The number of oxazole rings is 1. The third-order valence-electron chi connectivity index (χ3n) is 5.86. The van der Waals surface area contributed by atoms with E-state index in [-0.39, 0.29) is 35.9 Å². The lowest BCUT2D eigenvalue weighted by Gasteiger charge is -2.12. The van der Waals surface area contributed by atoms with Crippen LogP contribution in [-0.2, 0) is 13.1 Å². The lowest BCUT2D eigenvalue weighted by molar-refractivity contribution is 0.0943. The fourth-order valence-electron chi connectivity index (χ4n) is 4.03. The van der Waals surface area contributed by atoms with Gasteiger partial charge in [0.1, 0.15) is 17.7 Å². The zero-order valence-corrected chi connectivity index (χ0v) is 22.7. The van der Waals surface area contributed by atoms with Crippen LogP contribution < -0.4 is 10.9 Å². The number of nitrogens with zero attached hydrogens (tertiary/aromatic N) is 6. The number of nitrogens with one attached hydrogen (secondary N) is 1. The van der Waals surface area contributed by atoms with E-state index in [0.29, 0.717) is 21.4 Å². The lowest BCUT2D eigenvalue weighted by Crippen LogP contribution is -2.22. The Morgan fingerprint density at radius 1 is 1.15 bits per heavy atom. The van der Waals surface area contributed by atoms with Gasteiger partial charge in [-0.3, -0.25) is 14.6 Å². The molecule has 0 saturated carbocycles. The molecule has 0 aromatic carbocycles. The van der Waals surface area contributed by atoms with Gasteiger partial charge in [-0.2, -0.15) is 9.78 Å². The third-order valence-corrected chi connectivity index (χ3v) is 7.68. The predicted molar refractivity (Wildman–Crippen MR) is 149 cm³/mol. The summed E-state index contributed by atoms with van der Waals surface area (Å²) >= 11 is 8.59. The number of anilines is 1. The quantitative estimate of drug-likeness (QED) is 0.248. The molecule has 6 heterocycles. The van der Waals surface area contributed by atoms with Crippen molar-refractivity contribution < 1.29 is 13.6 Å². The van der Waals surface area contributed by atoms with Gasteiger partial charge < -0.3 is 14.3 Å². The summed E-state index contributed by atoms with van der Waals surface area (Å²) in [5, 5.41) is 8.82. The largest absolute Gasteiger partial charge is 0.451 e. The number of pyridine rings is 2. The van der Waals surface area contributed by atoms with Gasteiger partial charge in [0.25, 0.3) is 11.5 Å². The maximum Gasteiger partial charge on any atom is 0.299 e. The van der Waals surface area contributed by atoms with Crippen molar-refractivity contribution in [3.63, 3.8) is 0 Å². The molecule has 0 aliphatic rings. The summed E-state index contributed by atoms with van der Waals surface area (Å²) in [4.78, 5) is 40.0. The molecule has 6 rings (SSSR count). The van der Waals surface area contributed by atoms with Crippen molar-refractivity contribution in [2.24, 2.45) is 0 Å². The van der Waals surface area contributed by atoms with E-state index in [1.807, 2.05) is 0 Å². The topological polar surface area (TPSA) is 121 Å². The Bertz CT molecular complexity index is 1850. The first kappa shape index (κ1) is 25.8. The van der Waals surface area contributed by atoms with Crippen LogP contribution in [0.3, 0.4) is 0 Å². The van der Waals surface area contributed by atoms with E-state index in [1.165, 1.54) is 51.5 Å². The first-order chi connectivity index (χ1) is 19.5. The molecule has 1 N–H and O–H groups in total. The Morgan fingerprint density at radius 3 is 2.75 bits per heavy atom. The standard InChI is InChI=1S/C26H17ClFN7O3S2/c27-21-5-4-17(40-21)9-30-25-23(28)24(33-35(25)26(37)19-12-39-14-32-19)15-7-20(18-3-1-2-6-29-18)34(22(36)8-15)10-16-11-38-13-31-16/h1-8,11-14,30H,9-10H2. The van der Waals surface area contributed by atoms with Gasteiger partial charge in [0.05, 0.1) is 40.0 Å². The van der Waals surface area contributed by atoms with Crippen molar-refractivity contribution in [3.8, 4) is 22.6 Å². The van der Waals surface area contributed by atoms with Crippen molar-refractivity contribution in [1.29, 1.82) is 0 Å². The summed E-state index contributed by atoms with van der Waals surface area (Å²) in [6, 6.07) is 11.7. The van der Waals surface area contributed by atoms with Gasteiger partial charge in [-0.1, -0.05) is 17.7 Å². The first-order valence-electron chi connectivity index (χ1n) is 11.7. The maximum absolute atomic E-state index is 16.1. The molecule has 0 aliphatic heterocycles. The fourth-order valence-corrected chi connectivity index (χ4v) is 5.58.